The molecule has 0 fully saturated rings. The maximum absolute atomic E-state index is 13.4. The number of nitro benzene ring substituents is 1. The second kappa shape index (κ2) is 5.32. The van der Waals surface area contributed by atoms with E-state index in [0.717, 1.165) is 24.3 Å². The molecule has 0 radical (unpaired) electrons. The molecule has 0 aliphatic heterocycles. The fraction of sp³-hybridized carbons (Fsp3) is 0. The number of hydrogen-bond acceptors (Lipinski definition) is 4. The molecule has 2 aromatic carbocycles. The highest BCUT2D eigenvalue weighted by Gasteiger charge is 2.15. The Morgan fingerprint density at radius 2 is 1.95 bits per heavy atom. The molecule has 2 rings (SSSR count). The minimum atomic E-state index is -1.20. The van der Waals surface area contributed by atoms with Crippen molar-refractivity contribution in [3.63, 3.8) is 0 Å². The standard InChI is InChI=1S/C13H6F2N2O3/c14-10-2-1-3-12(13(10)15)20-11-5-4-9(17(18)19)6-8(11)7-16/h1-6H. The Balaban J connectivity index is 2.42. The van der Waals surface area contributed by atoms with Crippen molar-refractivity contribution in [2.24, 2.45) is 0 Å². The molecule has 2 aromatic rings. The number of non-ortho nitro benzene ring substituents is 1. The third-order valence-electron chi connectivity index (χ3n) is 2.43. The van der Waals surface area contributed by atoms with Gasteiger partial charge in [-0.05, 0) is 18.2 Å². The molecule has 0 atom stereocenters. The quantitative estimate of drug-likeness (QED) is 0.634. The molecule has 100 valence electrons. The maximum Gasteiger partial charge on any atom is 0.271 e. The van der Waals surface area contributed by atoms with Gasteiger partial charge in [0.1, 0.15) is 17.4 Å². The topological polar surface area (TPSA) is 76.2 Å². The van der Waals surface area contributed by atoms with Crippen LogP contribution < -0.4 is 4.74 Å². The zero-order chi connectivity index (χ0) is 14.7. The van der Waals surface area contributed by atoms with Gasteiger partial charge in [0.15, 0.2) is 11.6 Å². The van der Waals surface area contributed by atoms with Crippen LogP contribution in [0.3, 0.4) is 0 Å². The van der Waals surface area contributed by atoms with Crippen LogP contribution in [0.2, 0.25) is 0 Å². The van der Waals surface area contributed by atoms with Gasteiger partial charge < -0.3 is 4.74 Å². The lowest BCUT2D eigenvalue weighted by molar-refractivity contribution is -0.384. The molecule has 0 N–H and O–H groups in total. The third kappa shape index (κ3) is 2.54. The summed E-state index contributed by atoms with van der Waals surface area (Å²) < 4.78 is 31.6. The van der Waals surface area contributed by atoms with Crippen LogP contribution in [-0.2, 0) is 0 Å². The summed E-state index contributed by atoms with van der Waals surface area (Å²) in [5.41, 5.74) is -0.448. The first kappa shape index (κ1) is 13.4. The van der Waals surface area contributed by atoms with Crippen LogP contribution in [0.1, 0.15) is 5.56 Å². The van der Waals surface area contributed by atoms with Gasteiger partial charge in [0.25, 0.3) is 5.69 Å². The molecule has 0 aliphatic carbocycles. The van der Waals surface area contributed by atoms with Crippen molar-refractivity contribution in [1.82, 2.24) is 0 Å². The van der Waals surface area contributed by atoms with Crippen LogP contribution in [0.4, 0.5) is 14.5 Å². The molecular formula is C13H6F2N2O3. The van der Waals surface area contributed by atoms with Gasteiger partial charge in [-0.3, -0.25) is 10.1 Å². The van der Waals surface area contributed by atoms with E-state index in [2.05, 4.69) is 0 Å². The van der Waals surface area contributed by atoms with Gasteiger partial charge in [-0.15, -0.1) is 0 Å². The summed E-state index contributed by atoms with van der Waals surface area (Å²) in [4.78, 5) is 9.91. The number of rotatable bonds is 3. The van der Waals surface area contributed by atoms with E-state index in [0.29, 0.717) is 0 Å². The predicted molar refractivity (Wildman–Crippen MR) is 64.2 cm³/mol. The van der Waals surface area contributed by atoms with Crippen LogP contribution in [0.25, 0.3) is 0 Å². The fourth-order valence-corrected chi connectivity index (χ4v) is 1.49. The molecule has 0 unspecified atom stereocenters. The fourth-order valence-electron chi connectivity index (χ4n) is 1.49. The summed E-state index contributed by atoms with van der Waals surface area (Å²) in [6.45, 7) is 0. The first-order chi connectivity index (χ1) is 9.52. The number of halogens is 2. The molecule has 0 aromatic heterocycles. The maximum atomic E-state index is 13.4. The van der Waals surface area contributed by atoms with Crippen molar-refractivity contribution in [3.05, 3.63) is 63.7 Å². The third-order valence-corrected chi connectivity index (χ3v) is 2.43. The molecular weight excluding hydrogens is 270 g/mol. The van der Waals surface area contributed by atoms with E-state index in [1.54, 1.807) is 6.07 Å². The zero-order valence-electron chi connectivity index (χ0n) is 9.84. The smallest absolute Gasteiger partial charge is 0.271 e. The summed E-state index contributed by atoms with van der Waals surface area (Å²) in [5, 5.41) is 19.5. The highest BCUT2D eigenvalue weighted by molar-refractivity contribution is 5.51. The number of benzene rings is 2. The van der Waals surface area contributed by atoms with Crippen LogP contribution in [0.5, 0.6) is 11.5 Å². The molecule has 0 saturated carbocycles. The monoisotopic (exact) mass is 276 g/mol. The SMILES string of the molecule is N#Cc1cc([N+](=O)[O-])ccc1Oc1cccc(F)c1F. The van der Waals surface area contributed by atoms with Crippen LogP contribution in [0, 0.1) is 33.1 Å². The van der Waals surface area contributed by atoms with Gasteiger partial charge >= 0.3 is 0 Å². The molecule has 0 amide bonds. The Morgan fingerprint density at radius 1 is 1.20 bits per heavy atom. The second-order valence-corrected chi connectivity index (χ2v) is 3.70. The molecule has 5 nitrogen and oxygen atoms in total. The van der Waals surface area contributed by atoms with Crippen molar-refractivity contribution in [2.75, 3.05) is 0 Å². The molecule has 0 saturated heterocycles. The lowest BCUT2D eigenvalue weighted by atomic mass is 10.2. The lowest BCUT2D eigenvalue weighted by Gasteiger charge is -2.08. The number of hydrogen-bond donors (Lipinski definition) is 0. The Hall–Kier alpha value is -3.01. The van der Waals surface area contributed by atoms with Crippen molar-refractivity contribution in [2.45, 2.75) is 0 Å². The van der Waals surface area contributed by atoms with Crippen molar-refractivity contribution >= 4 is 5.69 Å². The normalized spacial score (nSPS) is 9.85. The Morgan fingerprint density at radius 3 is 2.60 bits per heavy atom. The minimum absolute atomic E-state index is 0.0948. The number of ether oxygens (including phenoxy) is 1. The van der Waals surface area contributed by atoms with Gasteiger partial charge in [-0.1, -0.05) is 6.07 Å². The summed E-state index contributed by atoms with van der Waals surface area (Å²) in [7, 11) is 0. The molecule has 0 aliphatic rings. The van der Waals surface area contributed by atoms with Crippen LogP contribution in [-0.4, -0.2) is 4.92 Å². The van der Waals surface area contributed by atoms with E-state index in [-0.39, 0.29) is 17.0 Å². The van der Waals surface area contributed by atoms with E-state index < -0.39 is 22.3 Å². The molecule has 20 heavy (non-hydrogen) atoms. The van der Waals surface area contributed by atoms with Gasteiger partial charge in [-0.2, -0.15) is 9.65 Å². The van der Waals surface area contributed by atoms with E-state index in [4.69, 9.17) is 10.00 Å². The average molecular weight is 276 g/mol. The number of nitriles is 1. The van der Waals surface area contributed by atoms with E-state index in [1.807, 2.05) is 0 Å². The average Bonchev–Trinajstić information content (AvgIpc) is 2.44. The summed E-state index contributed by atoms with van der Waals surface area (Å²) >= 11 is 0. The van der Waals surface area contributed by atoms with Crippen molar-refractivity contribution in [1.29, 1.82) is 5.26 Å². The summed E-state index contributed by atoms with van der Waals surface area (Å²) in [6.07, 6.45) is 0. The van der Waals surface area contributed by atoms with Crippen molar-refractivity contribution in [3.8, 4) is 17.6 Å². The second-order valence-electron chi connectivity index (χ2n) is 3.70. The van der Waals surface area contributed by atoms with Gasteiger partial charge in [0.2, 0.25) is 5.82 Å². The van der Waals surface area contributed by atoms with E-state index in [9.17, 15) is 18.9 Å². The van der Waals surface area contributed by atoms with Crippen molar-refractivity contribution < 1.29 is 18.4 Å². The van der Waals surface area contributed by atoms with E-state index in [1.165, 1.54) is 12.1 Å². The summed E-state index contributed by atoms with van der Waals surface area (Å²) in [5.74, 6) is -2.80. The Bertz CT molecular complexity index is 726. The Labute approximate surface area is 111 Å². The highest BCUT2D eigenvalue weighted by Crippen LogP contribution is 2.30. The highest BCUT2D eigenvalue weighted by atomic mass is 19.2. The largest absolute Gasteiger partial charge is 0.453 e. The van der Waals surface area contributed by atoms with Gasteiger partial charge in [0, 0.05) is 12.1 Å². The zero-order valence-corrected chi connectivity index (χ0v) is 9.84. The lowest BCUT2D eigenvalue weighted by Crippen LogP contribution is -1.95. The molecule has 7 heteroatoms. The number of nitro groups is 1. The minimum Gasteiger partial charge on any atom is -0.453 e. The predicted octanol–water partition coefficient (Wildman–Crippen LogP) is 3.54. The van der Waals surface area contributed by atoms with Gasteiger partial charge in [-0.25, -0.2) is 4.39 Å². The first-order valence-corrected chi connectivity index (χ1v) is 5.33. The molecule has 0 bridgehead atoms. The van der Waals surface area contributed by atoms with E-state index >= 15 is 0 Å². The van der Waals surface area contributed by atoms with Crippen LogP contribution >= 0.6 is 0 Å². The number of nitrogens with zero attached hydrogens (tertiary/aromatic N) is 2. The van der Waals surface area contributed by atoms with Gasteiger partial charge in [0.05, 0.1) is 4.92 Å². The Kier molecular flexibility index (Phi) is 3.57. The van der Waals surface area contributed by atoms with Crippen LogP contribution in [0.15, 0.2) is 36.4 Å². The molecule has 0 heterocycles. The molecule has 0 spiro atoms. The summed E-state index contributed by atoms with van der Waals surface area (Å²) in [6, 6.07) is 8.29. The first-order valence-electron chi connectivity index (χ1n) is 5.33.